The van der Waals surface area contributed by atoms with Crippen LogP contribution in [0, 0.1) is 17.2 Å². The van der Waals surface area contributed by atoms with Gasteiger partial charge < -0.3 is 10.2 Å². The third-order valence-corrected chi connectivity index (χ3v) is 4.79. The van der Waals surface area contributed by atoms with E-state index in [1.807, 2.05) is 42.5 Å². The van der Waals surface area contributed by atoms with Gasteiger partial charge in [0.25, 0.3) is 0 Å². The highest BCUT2D eigenvalue weighted by molar-refractivity contribution is 6.30. The third-order valence-electron chi connectivity index (χ3n) is 4.54. The van der Waals surface area contributed by atoms with E-state index in [9.17, 15) is 4.79 Å². The number of rotatable bonds is 5. The van der Waals surface area contributed by atoms with Crippen molar-refractivity contribution in [1.82, 2.24) is 5.32 Å². The fraction of sp³-hybridized carbons (Fsp3) is 0.238. The van der Waals surface area contributed by atoms with Crippen molar-refractivity contribution in [3.63, 3.8) is 0 Å². The summed E-state index contributed by atoms with van der Waals surface area (Å²) < 4.78 is 0. The molecule has 0 aromatic heterocycles. The lowest BCUT2D eigenvalue weighted by atomic mass is 10.1. The molecule has 1 aliphatic heterocycles. The van der Waals surface area contributed by atoms with Gasteiger partial charge in [-0.25, -0.2) is 0 Å². The number of hydrogen-bond acceptors (Lipinski definition) is 3. The second kappa shape index (κ2) is 8.55. The second-order valence-corrected chi connectivity index (χ2v) is 6.79. The van der Waals surface area contributed by atoms with Crippen LogP contribution in [0.15, 0.2) is 54.6 Å². The minimum Gasteiger partial charge on any atom is -0.371 e. The Kier molecular flexibility index (Phi) is 5.93. The molecule has 0 spiro atoms. The number of carbonyl (C=O) groups is 1. The third kappa shape index (κ3) is 4.65. The molecule has 1 N–H and O–H groups in total. The van der Waals surface area contributed by atoms with Crippen LogP contribution in [0.25, 0.3) is 6.08 Å². The summed E-state index contributed by atoms with van der Waals surface area (Å²) in [5.74, 6) is 0.289. The number of nitrogens with zero attached hydrogens (tertiary/aromatic N) is 2. The molecule has 1 amide bonds. The summed E-state index contributed by atoms with van der Waals surface area (Å²) in [4.78, 5) is 14.4. The van der Waals surface area contributed by atoms with Crippen LogP contribution in [0.1, 0.15) is 17.5 Å². The number of carbonyl (C=O) groups excluding carboxylic acids is 1. The molecule has 4 nitrogen and oxygen atoms in total. The van der Waals surface area contributed by atoms with Gasteiger partial charge in [-0.3, -0.25) is 4.79 Å². The van der Waals surface area contributed by atoms with Crippen LogP contribution in [-0.2, 0) is 4.79 Å². The largest absolute Gasteiger partial charge is 0.371 e. The van der Waals surface area contributed by atoms with Crippen molar-refractivity contribution in [2.75, 3.05) is 24.5 Å². The highest BCUT2D eigenvalue weighted by Gasteiger charge is 2.22. The molecule has 0 aliphatic carbocycles. The molecule has 1 unspecified atom stereocenters. The predicted molar refractivity (Wildman–Crippen MR) is 105 cm³/mol. The maximum atomic E-state index is 12.1. The van der Waals surface area contributed by atoms with Crippen LogP contribution in [-0.4, -0.2) is 25.5 Å². The van der Waals surface area contributed by atoms with Gasteiger partial charge in [-0.15, -0.1) is 0 Å². The standard InChI is InChI=1S/C21H20ClN3O/c22-19-6-8-20(9-7-19)25-12-11-16(15-25)14-24-21(26)10-5-17-3-1-2-4-18(17)13-23/h1-10,16H,11-12,14-15H2,(H,24,26)/b10-5+. The first-order valence-corrected chi connectivity index (χ1v) is 8.99. The highest BCUT2D eigenvalue weighted by atomic mass is 35.5. The zero-order valence-electron chi connectivity index (χ0n) is 14.4. The van der Waals surface area contributed by atoms with E-state index in [4.69, 9.17) is 16.9 Å². The Hall–Kier alpha value is -2.77. The first-order valence-electron chi connectivity index (χ1n) is 8.61. The molecule has 0 radical (unpaired) electrons. The second-order valence-electron chi connectivity index (χ2n) is 6.35. The Morgan fingerprint density at radius 1 is 1.27 bits per heavy atom. The van der Waals surface area contributed by atoms with Crippen molar-refractivity contribution in [3.8, 4) is 6.07 Å². The van der Waals surface area contributed by atoms with Crippen molar-refractivity contribution in [2.24, 2.45) is 5.92 Å². The Labute approximate surface area is 158 Å². The van der Waals surface area contributed by atoms with Gasteiger partial charge in [0.15, 0.2) is 0 Å². The molecule has 132 valence electrons. The number of nitrogens with one attached hydrogen (secondary N) is 1. The van der Waals surface area contributed by atoms with E-state index in [0.29, 0.717) is 18.0 Å². The van der Waals surface area contributed by atoms with Crippen molar-refractivity contribution < 1.29 is 4.79 Å². The lowest BCUT2D eigenvalue weighted by Gasteiger charge is -2.18. The maximum Gasteiger partial charge on any atom is 0.244 e. The van der Waals surface area contributed by atoms with E-state index in [1.54, 1.807) is 12.1 Å². The SMILES string of the molecule is N#Cc1ccccc1/C=C/C(=O)NCC1CCN(c2ccc(Cl)cc2)C1. The molecule has 3 rings (SSSR count). The fourth-order valence-corrected chi connectivity index (χ4v) is 3.23. The normalized spacial score (nSPS) is 16.6. The number of amides is 1. The minimum absolute atomic E-state index is 0.136. The first-order chi connectivity index (χ1) is 12.7. The molecule has 5 heteroatoms. The summed E-state index contributed by atoms with van der Waals surface area (Å²) in [5, 5.41) is 12.8. The maximum absolute atomic E-state index is 12.1. The van der Waals surface area contributed by atoms with Gasteiger partial charge in [0.2, 0.25) is 5.91 Å². The van der Waals surface area contributed by atoms with Crippen LogP contribution in [0.2, 0.25) is 5.02 Å². The molecule has 0 saturated carbocycles. The molecule has 2 aromatic carbocycles. The summed E-state index contributed by atoms with van der Waals surface area (Å²) in [6.07, 6.45) is 4.22. The number of halogens is 1. The van der Waals surface area contributed by atoms with Gasteiger partial charge in [0, 0.05) is 36.4 Å². The van der Waals surface area contributed by atoms with Crippen LogP contribution in [0.4, 0.5) is 5.69 Å². The number of benzene rings is 2. The molecule has 2 aromatic rings. The summed E-state index contributed by atoms with van der Waals surface area (Å²) in [6.45, 7) is 2.55. The molecule has 1 saturated heterocycles. The van der Waals surface area contributed by atoms with Gasteiger partial charge >= 0.3 is 0 Å². The van der Waals surface area contributed by atoms with E-state index in [0.717, 1.165) is 35.8 Å². The first kappa shape index (κ1) is 18.0. The topological polar surface area (TPSA) is 56.1 Å². The van der Waals surface area contributed by atoms with Crippen molar-refractivity contribution in [1.29, 1.82) is 5.26 Å². The average Bonchev–Trinajstić information content (AvgIpc) is 3.14. The summed E-state index contributed by atoms with van der Waals surface area (Å²) in [6, 6.07) is 17.2. The van der Waals surface area contributed by atoms with Crippen LogP contribution >= 0.6 is 11.6 Å². The molecular formula is C21H20ClN3O. The van der Waals surface area contributed by atoms with Gasteiger partial charge in [-0.1, -0.05) is 29.8 Å². The lowest BCUT2D eigenvalue weighted by Crippen LogP contribution is -2.29. The quantitative estimate of drug-likeness (QED) is 0.818. The number of anilines is 1. The Morgan fingerprint density at radius 2 is 2.04 bits per heavy atom. The Bertz CT molecular complexity index is 839. The van der Waals surface area contributed by atoms with Gasteiger partial charge in [0.1, 0.15) is 0 Å². The van der Waals surface area contributed by atoms with E-state index in [1.165, 1.54) is 6.08 Å². The predicted octanol–water partition coefficient (Wildman–Crippen LogP) is 3.87. The molecule has 0 bridgehead atoms. The van der Waals surface area contributed by atoms with Crippen LogP contribution in [0.5, 0.6) is 0 Å². The van der Waals surface area contributed by atoms with E-state index < -0.39 is 0 Å². The Morgan fingerprint density at radius 3 is 2.81 bits per heavy atom. The number of nitriles is 1. The smallest absolute Gasteiger partial charge is 0.244 e. The number of hydrogen-bond donors (Lipinski definition) is 1. The van der Waals surface area contributed by atoms with Gasteiger partial charge in [0.05, 0.1) is 11.6 Å². The minimum atomic E-state index is -0.136. The van der Waals surface area contributed by atoms with Crippen molar-refractivity contribution >= 4 is 29.3 Å². The monoisotopic (exact) mass is 365 g/mol. The summed E-state index contributed by atoms with van der Waals surface area (Å²) in [7, 11) is 0. The summed E-state index contributed by atoms with van der Waals surface area (Å²) >= 11 is 5.93. The zero-order chi connectivity index (χ0) is 18.4. The average molecular weight is 366 g/mol. The molecule has 1 heterocycles. The molecule has 26 heavy (non-hydrogen) atoms. The molecule has 1 aliphatic rings. The fourth-order valence-electron chi connectivity index (χ4n) is 3.10. The van der Waals surface area contributed by atoms with Crippen molar-refractivity contribution in [3.05, 3.63) is 70.8 Å². The molecule has 1 fully saturated rings. The van der Waals surface area contributed by atoms with Crippen LogP contribution in [0.3, 0.4) is 0 Å². The van der Waals surface area contributed by atoms with Gasteiger partial charge in [-0.05, 0) is 54.3 Å². The van der Waals surface area contributed by atoms with E-state index >= 15 is 0 Å². The lowest BCUT2D eigenvalue weighted by molar-refractivity contribution is -0.116. The highest BCUT2D eigenvalue weighted by Crippen LogP contribution is 2.24. The van der Waals surface area contributed by atoms with E-state index in [-0.39, 0.29) is 5.91 Å². The molecule has 1 atom stereocenters. The van der Waals surface area contributed by atoms with Crippen molar-refractivity contribution in [2.45, 2.75) is 6.42 Å². The molecular weight excluding hydrogens is 346 g/mol. The van der Waals surface area contributed by atoms with Gasteiger partial charge in [-0.2, -0.15) is 5.26 Å². The Balaban J connectivity index is 1.49. The van der Waals surface area contributed by atoms with E-state index in [2.05, 4.69) is 16.3 Å². The summed E-state index contributed by atoms with van der Waals surface area (Å²) in [5.41, 5.74) is 2.47. The van der Waals surface area contributed by atoms with Crippen LogP contribution < -0.4 is 10.2 Å². The zero-order valence-corrected chi connectivity index (χ0v) is 15.1.